The van der Waals surface area contributed by atoms with Crippen molar-refractivity contribution in [2.45, 2.75) is 12.3 Å². The second-order valence-electron chi connectivity index (χ2n) is 4.66. The highest BCUT2D eigenvalue weighted by atomic mass is 16.5. The van der Waals surface area contributed by atoms with Gasteiger partial charge in [-0.2, -0.15) is 0 Å². The van der Waals surface area contributed by atoms with Crippen molar-refractivity contribution in [3.05, 3.63) is 66.6 Å². The van der Waals surface area contributed by atoms with Crippen LogP contribution in [-0.2, 0) is 9.53 Å². The number of hydrogen-bond donors (Lipinski definition) is 0. The van der Waals surface area contributed by atoms with Crippen LogP contribution >= 0.6 is 0 Å². The van der Waals surface area contributed by atoms with Crippen molar-refractivity contribution >= 4 is 5.97 Å². The lowest BCUT2D eigenvalue weighted by atomic mass is 9.98. The molecular weight excluding hydrogens is 236 g/mol. The largest absolute Gasteiger partial charge is 0.465 e. The van der Waals surface area contributed by atoms with E-state index < -0.39 is 0 Å². The smallest absolute Gasteiger partial charge is 0.305 e. The Bertz CT molecular complexity index is 571. The number of benzene rings is 2. The van der Waals surface area contributed by atoms with Crippen LogP contribution in [0.2, 0.25) is 0 Å². The fraction of sp³-hybridized carbons (Fsp3) is 0.176. The van der Waals surface area contributed by atoms with E-state index in [1.807, 2.05) is 24.3 Å². The van der Waals surface area contributed by atoms with Gasteiger partial charge in [-0.1, -0.05) is 48.5 Å². The lowest BCUT2D eigenvalue weighted by Gasteiger charge is -2.13. The molecule has 2 nitrogen and oxygen atoms in total. The highest BCUT2D eigenvalue weighted by Crippen LogP contribution is 2.44. The van der Waals surface area contributed by atoms with Crippen LogP contribution in [0.15, 0.2) is 48.5 Å². The second kappa shape index (κ2) is 4.88. The minimum atomic E-state index is -0.248. The van der Waals surface area contributed by atoms with E-state index in [9.17, 15) is 4.79 Å². The summed E-state index contributed by atoms with van der Waals surface area (Å²) >= 11 is 0. The Labute approximate surface area is 113 Å². The van der Waals surface area contributed by atoms with Crippen molar-refractivity contribution in [3.63, 3.8) is 0 Å². The van der Waals surface area contributed by atoms with Gasteiger partial charge in [0, 0.05) is 12.3 Å². The van der Waals surface area contributed by atoms with Gasteiger partial charge in [0.2, 0.25) is 0 Å². The molecule has 1 aliphatic rings. The summed E-state index contributed by atoms with van der Waals surface area (Å²) in [6.07, 6.45) is 0.177. The summed E-state index contributed by atoms with van der Waals surface area (Å²) in [5.41, 5.74) is 4.96. The van der Waals surface area contributed by atoms with E-state index in [0.29, 0.717) is 6.61 Å². The molecule has 0 unspecified atom stereocenters. The molecule has 1 aliphatic carbocycles. The molecule has 0 fully saturated rings. The van der Waals surface area contributed by atoms with Crippen LogP contribution in [0.4, 0.5) is 0 Å². The molecule has 0 bridgehead atoms. The van der Waals surface area contributed by atoms with E-state index in [1.165, 1.54) is 22.3 Å². The first kappa shape index (κ1) is 12.0. The first-order valence-corrected chi connectivity index (χ1v) is 6.44. The van der Waals surface area contributed by atoms with Crippen LogP contribution in [-0.4, -0.2) is 12.6 Å². The van der Waals surface area contributed by atoms with E-state index >= 15 is 0 Å². The van der Waals surface area contributed by atoms with Gasteiger partial charge in [-0.15, -0.1) is 0 Å². The summed E-state index contributed by atoms with van der Waals surface area (Å²) in [6, 6.07) is 16.6. The van der Waals surface area contributed by atoms with Crippen molar-refractivity contribution in [3.8, 4) is 11.1 Å². The van der Waals surface area contributed by atoms with Crippen molar-refractivity contribution < 1.29 is 9.53 Å². The Balaban J connectivity index is 1.98. The zero-order valence-corrected chi connectivity index (χ0v) is 10.6. The number of esters is 1. The maximum absolute atomic E-state index is 11.3. The summed E-state index contributed by atoms with van der Waals surface area (Å²) < 4.78 is 5.29. The number of ether oxygens (including phenoxy) is 1. The van der Waals surface area contributed by atoms with Gasteiger partial charge >= 0.3 is 5.97 Å². The molecule has 19 heavy (non-hydrogen) atoms. The fourth-order valence-corrected chi connectivity index (χ4v) is 2.69. The fourth-order valence-electron chi connectivity index (χ4n) is 2.69. The lowest BCUT2D eigenvalue weighted by Crippen LogP contribution is -2.11. The zero-order valence-electron chi connectivity index (χ0n) is 10.6. The SMILES string of the molecule is [CH2]CC(=O)OCC1c2ccccc2-c2ccccc21. The Kier molecular flexibility index (Phi) is 3.08. The first-order valence-electron chi connectivity index (χ1n) is 6.44. The van der Waals surface area contributed by atoms with Crippen LogP contribution in [0.25, 0.3) is 11.1 Å². The number of hydrogen-bond acceptors (Lipinski definition) is 2. The Hall–Kier alpha value is -2.09. The number of carbonyl (C=O) groups is 1. The van der Waals surface area contributed by atoms with Gasteiger partial charge in [0.25, 0.3) is 0 Å². The molecule has 0 N–H and O–H groups in total. The van der Waals surface area contributed by atoms with Crippen LogP contribution < -0.4 is 0 Å². The van der Waals surface area contributed by atoms with E-state index in [4.69, 9.17) is 4.74 Å². The van der Waals surface area contributed by atoms with Crippen LogP contribution in [0.5, 0.6) is 0 Å². The third-order valence-electron chi connectivity index (χ3n) is 3.58. The molecule has 0 aromatic heterocycles. The van der Waals surface area contributed by atoms with Crippen LogP contribution in [0, 0.1) is 6.92 Å². The van der Waals surface area contributed by atoms with Gasteiger partial charge < -0.3 is 4.74 Å². The molecule has 1 radical (unpaired) electrons. The van der Waals surface area contributed by atoms with Gasteiger partial charge in [0.15, 0.2) is 0 Å². The molecule has 0 aliphatic heterocycles. The summed E-state index contributed by atoms with van der Waals surface area (Å²) in [5, 5.41) is 0. The average Bonchev–Trinajstić information content (AvgIpc) is 2.79. The zero-order chi connectivity index (χ0) is 13.2. The van der Waals surface area contributed by atoms with E-state index in [0.717, 1.165) is 0 Å². The van der Waals surface area contributed by atoms with Gasteiger partial charge in [0.1, 0.15) is 6.61 Å². The number of rotatable bonds is 3. The molecule has 0 atom stereocenters. The summed E-state index contributed by atoms with van der Waals surface area (Å²) in [5.74, 6) is -0.107. The van der Waals surface area contributed by atoms with Gasteiger partial charge in [0.05, 0.1) is 0 Å². The molecule has 0 spiro atoms. The van der Waals surface area contributed by atoms with Gasteiger partial charge in [-0.25, -0.2) is 0 Å². The molecule has 2 aromatic carbocycles. The Morgan fingerprint density at radius 1 is 1.00 bits per heavy atom. The molecule has 0 amide bonds. The Morgan fingerprint density at radius 3 is 2.05 bits per heavy atom. The van der Waals surface area contributed by atoms with E-state index in [2.05, 4.69) is 31.2 Å². The lowest BCUT2D eigenvalue weighted by molar-refractivity contribution is -0.142. The minimum Gasteiger partial charge on any atom is -0.465 e. The summed E-state index contributed by atoms with van der Waals surface area (Å²) in [6.45, 7) is 3.94. The van der Waals surface area contributed by atoms with E-state index in [-0.39, 0.29) is 18.3 Å². The van der Waals surface area contributed by atoms with Gasteiger partial charge in [-0.05, 0) is 29.2 Å². The molecule has 95 valence electrons. The maximum Gasteiger partial charge on any atom is 0.305 e. The van der Waals surface area contributed by atoms with Crippen LogP contribution in [0.1, 0.15) is 23.5 Å². The molecule has 3 rings (SSSR count). The highest BCUT2D eigenvalue weighted by molar-refractivity contribution is 5.79. The standard InChI is InChI=1S/C17H15O2/c1-2-17(18)19-11-16-14-9-5-3-7-12(14)13-8-4-6-10-15(13)16/h3-10,16H,1-2,11H2. The highest BCUT2D eigenvalue weighted by Gasteiger charge is 2.28. The molecular formula is C17H15O2. The van der Waals surface area contributed by atoms with Crippen molar-refractivity contribution in [2.75, 3.05) is 6.61 Å². The normalized spacial score (nSPS) is 12.9. The number of fused-ring (bicyclic) bond motifs is 3. The monoisotopic (exact) mass is 251 g/mol. The topological polar surface area (TPSA) is 26.3 Å². The van der Waals surface area contributed by atoms with E-state index in [1.54, 1.807) is 0 Å². The third-order valence-corrected chi connectivity index (χ3v) is 3.58. The van der Waals surface area contributed by atoms with Crippen LogP contribution in [0.3, 0.4) is 0 Å². The predicted molar refractivity (Wildman–Crippen MR) is 74.7 cm³/mol. The third kappa shape index (κ3) is 2.03. The second-order valence-corrected chi connectivity index (χ2v) is 4.66. The van der Waals surface area contributed by atoms with Crippen molar-refractivity contribution in [1.82, 2.24) is 0 Å². The molecule has 0 heterocycles. The van der Waals surface area contributed by atoms with Crippen molar-refractivity contribution in [1.29, 1.82) is 0 Å². The average molecular weight is 251 g/mol. The minimum absolute atomic E-state index is 0.142. The molecule has 2 heteroatoms. The van der Waals surface area contributed by atoms with Gasteiger partial charge in [-0.3, -0.25) is 4.79 Å². The Morgan fingerprint density at radius 2 is 1.53 bits per heavy atom. The summed E-state index contributed by atoms with van der Waals surface area (Å²) in [7, 11) is 0. The first-order chi connectivity index (χ1) is 9.31. The number of carbonyl (C=O) groups excluding carboxylic acids is 1. The quantitative estimate of drug-likeness (QED) is 0.779. The maximum atomic E-state index is 11.3. The van der Waals surface area contributed by atoms with Crippen molar-refractivity contribution in [2.24, 2.45) is 0 Å². The predicted octanol–water partition coefficient (Wildman–Crippen LogP) is 3.57. The molecule has 0 saturated heterocycles. The molecule has 2 aromatic rings. The molecule has 0 saturated carbocycles. The summed E-state index contributed by atoms with van der Waals surface area (Å²) in [4.78, 5) is 11.3.